The molecule has 1 aromatic heterocycles. The lowest BCUT2D eigenvalue weighted by atomic mass is 10.2. The van der Waals surface area contributed by atoms with Gasteiger partial charge in [-0.05, 0) is 12.8 Å². The number of aromatic amines is 1. The summed E-state index contributed by atoms with van der Waals surface area (Å²) in [6.07, 6.45) is 5.82. The molecule has 1 aliphatic rings. The molecule has 0 radical (unpaired) electrons. The van der Waals surface area contributed by atoms with Gasteiger partial charge in [-0.1, -0.05) is 12.2 Å². The van der Waals surface area contributed by atoms with Crippen LogP contribution in [0.15, 0.2) is 12.2 Å². The number of amides is 1. The van der Waals surface area contributed by atoms with Crippen molar-refractivity contribution in [3.63, 3.8) is 0 Å². The number of anilines is 1. The van der Waals surface area contributed by atoms with Crippen LogP contribution in [0.1, 0.15) is 23.5 Å². The van der Waals surface area contributed by atoms with Crippen LogP contribution in [-0.2, 0) is 0 Å². The Morgan fingerprint density at radius 2 is 2.29 bits per heavy atom. The first-order valence-corrected chi connectivity index (χ1v) is 4.39. The van der Waals surface area contributed by atoms with Gasteiger partial charge in [-0.15, -0.1) is 5.10 Å². The number of aromatic nitrogens is 3. The minimum atomic E-state index is -0.261. The number of nitrogens with two attached hydrogens (primary N) is 1. The van der Waals surface area contributed by atoms with Crippen LogP contribution in [0.3, 0.4) is 0 Å². The molecule has 74 valence electrons. The molecule has 1 aromatic rings. The fraction of sp³-hybridized carbons (Fsp3) is 0.375. The largest absolute Gasteiger partial charge is 0.366 e. The zero-order valence-corrected chi connectivity index (χ0v) is 7.53. The molecule has 0 aromatic carbocycles. The maximum absolute atomic E-state index is 11.5. The molecule has 4 N–H and O–H groups in total. The molecule has 1 amide bonds. The first kappa shape index (κ1) is 8.74. The van der Waals surface area contributed by atoms with E-state index in [4.69, 9.17) is 5.73 Å². The van der Waals surface area contributed by atoms with Crippen LogP contribution in [0.4, 0.5) is 5.95 Å². The van der Waals surface area contributed by atoms with Gasteiger partial charge in [0.05, 0.1) is 0 Å². The highest BCUT2D eigenvalue weighted by atomic mass is 16.2. The summed E-state index contributed by atoms with van der Waals surface area (Å²) in [5.41, 5.74) is 5.28. The van der Waals surface area contributed by atoms with E-state index in [0.717, 1.165) is 12.8 Å². The predicted octanol–water partition coefficient (Wildman–Crippen LogP) is -0.165. The van der Waals surface area contributed by atoms with Crippen LogP contribution < -0.4 is 11.1 Å². The molecule has 0 saturated heterocycles. The summed E-state index contributed by atoms with van der Waals surface area (Å²) < 4.78 is 0. The molecule has 0 unspecified atom stereocenters. The normalized spacial score (nSPS) is 16.0. The van der Waals surface area contributed by atoms with Gasteiger partial charge in [0.25, 0.3) is 5.91 Å². The Hall–Kier alpha value is -1.85. The number of hydrogen-bond acceptors (Lipinski definition) is 4. The molecule has 0 bridgehead atoms. The fourth-order valence-corrected chi connectivity index (χ4v) is 1.37. The van der Waals surface area contributed by atoms with Gasteiger partial charge in [0.15, 0.2) is 0 Å². The second-order valence-electron chi connectivity index (χ2n) is 3.16. The molecule has 6 nitrogen and oxygen atoms in total. The molecule has 0 aliphatic heterocycles. The number of hydrogen-bond donors (Lipinski definition) is 3. The maximum atomic E-state index is 11.5. The Morgan fingerprint density at radius 3 is 2.86 bits per heavy atom. The lowest BCUT2D eigenvalue weighted by Gasteiger charge is -2.09. The first-order valence-electron chi connectivity index (χ1n) is 4.39. The van der Waals surface area contributed by atoms with Crippen molar-refractivity contribution in [3.8, 4) is 0 Å². The van der Waals surface area contributed by atoms with E-state index in [1.54, 1.807) is 0 Å². The SMILES string of the molecule is Nc1n[nH]c(C(=O)NC2CC=CC2)n1. The third-order valence-electron chi connectivity index (χ3n) is 2.06. The van der Waals surface area contributed by atoms with Gasteiger partial charge in [0.2, 0.25) is 11.8 Å². The van der Waals surface area contributed by atoms with Crippen molar-refractivity contribution in [2.24, 2.45) is 0 Å². The molecule has 1 heterocycles. The van der Waals surface area contributed by atoms with E-state index in [9.17, 15) is 4.79 Å². The number of nitrogen functional groups attached to an aromatic ring is 1. The highest BCUT2D eigenvalue weighted by Gasteiger charge is 2.16. The summed E-state index contributed by atoms with van der Waals surface area (Å²) >= 11 is 0. The average Bonchev–Trinajstić information content (AvgIpc) is 2.75. The zero-order chi connectivity index (χ0) is 9.97. The van der Waals surface area contributed by atoms with Crippen LogP contribution in [0.5, 0.6) is 0 Å². The van der Waals surface area contributed by atoms with E-state index in [1.807, 2.05) is 12.2 Å². The number of carbonyl (C=O) groups is 1. The Morgan fingerprint density at radius 1 is 1.57 bits per heavy atom. The summed E-state index contributed by atoms with van der Waals surface area (Å²) in [5, 5.41) is 8.86. The van der Waals surface area contributed by atoms with Crippen LogP contribution in [0.25, 0.3) is 0 Å². The second kappa shape index (κ2) is 3.49. The highest BCUT2D eigenvalue weighted by Crippen LogP contribution is 2.09. The van der Waals surface area contributed by atoms with Crippen molar-refractivity contribution in [1.29, 1.82) is 0 Å². The molecule has 14 heavy (non-hydrogen) atoms. The molecule has 0 spiro atoms. The Balaban J connectivity index is 1.95. The van der Waals surface area contributed by atoms with E-state index >= 15 is 0 Å². The van der Waals surface area contributed by atoms with Crippen molar-refractivity contribution in [2.75, 3.05) is 5.73 Å². The summed E-state index contributed by atoms with van der Waals surface area (Å²) in [7, 11) is 0. The van der Waals surface area contributed by atoms with Gasteiger partial charge >= 0.3 is 0 Å². The molecule has 0 fully saturated rings. The lowest BCUT2D eigenvalue weighted by Crippen LogP contribution is -2.33. The van der Waals surface area contributed by atoms with E-state index in [1.165, 1.54) is 0 Å². The molecule has 1 aliphatic carbocycles. The van der Waals surface area contributed by atoms with Crippen molar-refractivity contribution < 1.29 is 4.79 Å². The van der Waals surface area contributed by atoms with Gasteiger partial charge < -0.3 is 11.1 Å². The predicted molar refractivity (Wildman–Crippen MR) is 50.4 cm³/mol. The summed E-state index contributed by atoms with van der Waals surface area (Å²) in [5.74, 6) is -0.0167. The summed E-state index contributed by atoms with van der Waals surface area (Å²) in [4.78, 5) is 15.2. The molecular weight excluding hydrogens is 182 g/mol. The van der Waals surface area contributed by atoms with E-state index in [0.29, 0.717) is 0 Å². The van der Waals surface area contributed by atoms with Crippen molar-refractivity contribution in [1.82, 2.24) is 20.5 Å². The first-order chi connectivity index (χ1) is 6.75. The topological polar surface area (TPSA) is 96.7 Å². The Labute approximate surface area is 80.6 Å². The van der Waals surface area contributed by atoms with E-state index < -0.39 is 0 Å². The quantitative estimate of drug-likeness (QED) is 0.568. The average molecular weight is 193 g/mol. The minimum absolute atomic E-state index is 0.0831. The van der Waals surface area contributed by atoms with Crippen LogP contribution in [0.2, 0.25) is 0 Å². The molecular formula is C8H11N5O. The van der Waals surface area contributed by atoms with Crippen molar-refractivity contribution in [3.05, 3.63) is 18.0 Å². The van der Waals surface area contributed by atoms with Crippen molar-refractivity contribution >= 4 is 11.9 Å². The number of carbonyl (C=O) groups excluding carboxylic acids is 1. The second-order valence-corrected chi connectivity index (χ2v) is 3.16. The number of H-pyrrole nitrogens is 1. The van der Waals surface area contributed by atoms with Gasteiger partial charge in [0.1, 0.15) is 0 Å². The summed E-state index contributed by atoms with van der Waals surface area (Å²) in [6, 6.07) is 0.175. The van der Waals surface area contributed by atoms with Gasteiger partial charge in [0, 0.05) is 6.04 Å². The van der Waals surface area contributed by atoms with E-state index in [2.05, 4.69) is 20.5 Å². The minimum Gasteiger partial charge on any atom is -0.366 e. The van der Waals surface area contributed by atoms with Crippen LogP contribution in [0, 0.1) is 0 Å². The maximum Gasteiger partial charge on any atom is 0.288 e. The number of nitrogens with zero attached hydrogens (tertiary/aromatic N) is 2. The Bertz CT molecular complexity index is 362. The zero-order valence-electron chi connectivity index (χ0n) is 7.53. The smallest absolute Gasteiger partial charge is 0.288 e. The van der Waals surface area contributed by atoms with Gasteiger partial charge in [-0.3, -0.25) is 9.89 Å². The van der Waals surface area contributed by atoms with E-state index in [-0.39, 0.29) is 23.7 Å². The number of rotatable bonds is 2. The number of nitrogens with one attached hydrogen (secondary N) is 2. The fourth-order valence-electron chi connectivity index (χ4n) is 1.37. The third kappa shape index (κ3) is 1.73. The van der Waals surface area contributed by atoms with Crippen LogP contribution >= 0.6 is 0 Å². The molecule has 0 saturated carbocycles. The van der Waals surface area contributed by atoms with Crippen LogP contribution in [-0.4, -0.2) is 27.1 Å². The third-order valence-corrected chi connectivity index (χ3v) is 2.06. The monoisotopic (exact) mass is 193 g/mol. The van der Waals surface area contributed by atoms with Gasteiger partial charge in [-0.25, -0.2) is 0 Å². The highest BCUT2D eigenvalue weighted by molar-refractivity contribution is 5.90. The molecule has 2 rings (SSSR count). The van der Waals surface area contributed by atoms with Crippen molar-refractivity contribution in [2.45, 2.75) is 18.9 Å². The Kier molecular flexibility index (Phi) is 2.18. The molecule has 6 heteroatoms. The lowest BCUT2D eigenvalue weighted by molar-refractivity contribution is 0.0929. The van der Waals surface area contributed by atoms with Gasteiger partial charge in [-0.2, -0.15) is 4.98 Å². The standard InChI is InChI=1S/C8H11N5O/c9-8-11-6(12-13-8)7(14)10-5-3-1-2-4-5/h1-2,5H,3-4H2,(H,10,14)(H3,9,11,12,13). The summed E-state index contributed by atoms with van der Waals surface area (Å²) in [6.45, 7) is 0. The molecule has 0 atom stereocenters.